The minimum absolute atomic E-state index is 0.182. The van der Waals surface area contributed by atoms with E-state index in [4.69, 9.17) is 0 Å². The minimum atomic E-state index is -3.75. The number of anilines is 1. The molecule has 1 amide bonds. The molecule has 0 saturated carbocycles. The lowest BCUT2D eigenvalue weighted by Crippen LogP contribution is -2.23. The highest BCUT2D eigenvalue weighted by molar-refractivity contribution is 7.92. The van der Waals surface area contributed by atoms with Gasteiger partial charge in [-0.2, -0.15) is 0 Å². The fourth-order valence-corrected chi connectivity index (χ4v) is 5.24. The molecule has 0 bridgehead atoms. The van der Waals surface area contributed by atoms with Gasteiger partial charge < -0.3 is 5.32 Å². The summed E-state index contributed by atoms with van der Waals surface area (Å²) in [5.41, 5.74) is 4.80. The van der Waals surface area contributed by atoms with Crippen LogP contribution in [0, 0.1) is 13.8 Å². The summed E-state index contributed by atoms with van der Waals surface area (Å²) < 4.78 is 28.2. The highest BCUT2D eigenvalue weighted by atomic mass is 32.2. The van der Waals surface area contributed by atoms with Crippen LogP contribution in [0.1, 0.15) is 45.5 Å². The van der Waals surface area contributed by atoms with E-state index in [-0.39, 0.29) is 10.8 Å². The van der Waals surface area contributed by atoms with Crippen molar-refractivity contribution in [2.24, 2.45) is 0 Å². The van der Waals surface area contributed by atoms with Gasteiger partial charge in [0, 0.05) is 18.7 Å². The van der Waals surface area contributed by atoms with Crippen molar-refractivity contribution < 1.29 is 13.2 Å². The van der Waals surface area contributed by atoms with Crippen LogP contribution in [0.5, 0.6) is 0 Å². The van der Waals surface area contributed by atoms with Crippen LogP contribution in [0.15, 0.2) is 71.6 Å². The molecule has 7 heteroatoms. The molecule has 0 aliphatic carbocycles. The monoisotopic (exact) mass is 477 g/mol. The third kappa shape index (κ3) is 6.04. The second-order valence-corrected chi connectivity index (χ2v) is 10.6. The van der Waals surface area contributed by atoms with Gasteiger partial charge >= 0.3 is 0 Å². The molecular weight excluding hydrogens is 446 g/mol. The fourth-order valence-electron chi connectivity index (χ4n) is 4.12. The summed E-state index contributed by atoms with van der Waals surface area (Å²) in [7, 11) is -3.75. The number of nitrogens with one attached hydrogen (secondary N) is 2. The molecule has 1 aliphatic rings. The Labute approximate surface area is 202 Å². The van der Waals surface area contributed by atoms with E-state index in [2.05, 4.69) is 27.1 Å². The largest absolute Gasteiger partial charge is 0.348 e. The summed E-state index contributed by atoms with van der Waals surface area (Å²) in [5, 5.41) is 2.95. The molecule has 1 heterocycles. The Morgan fingerprint density at radius 3 is 2.35 bits per heavy atom. The van der Waals surface area contributed by atoms with Gasteiger partial charge in [0.25, 0.3) is 15.9 Å². The molecule has 0 unspecified atom stereocenters. The molecule has 0 spiro atoms. The van der Waals surface area contributed by atoms with E-state index < -0.39 is 10.0 Å². The predicted molar refractivity (Wildman–Crippen MR) is 135 cm³/mol. The van der Waals surface area contributed by atoms with Crippen LogP contribution in [-0.2, 0) is 23.1 Å². The van der Waals surface area contributed by atoms with E-state index in [9.17, 15) is 13.2 Å². The van der Waals surface area contributed by atoms with Crippen LogP contribution in [0.3, 0.4) is 0 Å². The second-order valence-electron chi connectivity index (χ2n) is 8.93. The Kier molecular flexibility index (Phi) is 7.34. The van der Waals surface area contributed by atoms with Gasteiger partial charge in [-0.15, -0.1) is 0 Å². The molecule has 1 saturated heterocycles. The number of hydrogen-bond donors (Lipinski definition) is 2. The molecule has 2 N–H and O–H groups in total. The molecule has 0 atom stereocenters. The maximum absolute atomic E-state index is 12.8. The summed E-state index contributed by atoms with van der Waals surface area (Å²) in [4.78, 5) is 15.5. The van der Waals surface area contributed by atoms with E-state index >= 15 is 0 Å². The molecule has 4 rings (SSSR count). The summed E-state index contributed by atoms with van der Waals surface area (Å²) >= 11 is 0. The minimum Gasteiger partial charge on any atom is -0.348 e. The first-order valence-corrected chi connectivity index (χ1v) is 13.1. The van der Waals surface area contributed by atoms with Crippen LogP contribution in [-0.4, -0.2) is 32.3 Å². The maximum Gasteiger partial charge on any atom is 0.261 e. The number of carbonyl (C=O) groups excluding carboxylic acids is 1. The average Bonchev–Trinajstić information content (AvgIpc) is 3.32. The van der Waals surface area contributed by atoms with Crippen molar-refractivity contribution in [2.75, 3.05) is 17.8 Å². The normalized spacial score (nSPS) is 14.2. The molecule has 1 fully saturated rings. The lowest BCUT2D eigenvalue weighted by atomic mass is 10.1. The van der Waals surface area contributed by atoms with E-state index in [1.807, 2.05) is 19.1 Å². The van der Waals surface area contributed by atoms with Crippen molar-refractivity contribution in [3.8, 4) is 0 Å². The molecule has 0 radical (unpaired) electrons. The average molecular weight is 478 g/mol. The van der Waals surface area contributed by atoms with Crippen LogP contribution >= 0.6 is 0 Å². The Morgan fingerprint density at radius 2 is 1.62 bits per heavy atom. The number of benzene rings is 3. The van der Waals surface area contributed by atoms with Gasteiger partial charge in [-0.3, -0.25) is 14.4 Å². The smallest absolute Gasteiger partial charge is 0.261 e. The zero-order valence-electron chi connectivity index (χ0n) is 19.7. The third-order valence-electron chi connectivity index (χ3n) is 6.12. The number of hydrogen-bond acceptors (Lipinski definition) is 4. The summed E-state index contributed by atoms with van der Waals surface area (Å²) in [5.74, 6) is -0.249. The molecule has 3 aromatic rings. The Balaban J connectivity index is 1.42. The zero-order chi connectivity index (χ0) is 24.1. The van der Waals surface area contributed by atoms with Crippen molar-refractivity contribution >= 4 is 21.6 Å². The number of likely N-dealkylation sites (tertiary alicyclic amines) is 1. The first-order chi connectivity index (χ1) is 16.3. The van der Waals surface area contributed by atoms with Gasteiger partial charge in [0.2, 0.25) is 0 Å². The second kappa shape index (κ2) is 10.4. The standard InChI is InChI=1S/C27H31N3O3S/c1-20-8-12-25(13-9-20)34(32,33)29-26-17-24(11-10-21(26)2)27(31)28-18-22-6-5-7-23(16-22)19-30-14-3-4-15-30/h5-13,16-17,29H,3-4,14-15,18-19H2,1-2H3,(H,28,31). The van der Waals surface area contributed by atoms with E-state index in [1.54, 1.807) is 49.4 Å². The van der Waals surface area contributed by atoms with Crippen LogP contribution < -0.4 is 10.0 Å². The Hall–Kier alpha value is -3.16. The molecular formula is C27H31N3O3S. The van der Waals surface area contributed by atoms with Crippen LogP contribution in [0.2, 0.25) is 0 Å². The molecule has 6 nitrogen and oxygen atoms in total. The molecule has 3 aromatic carbocycles. The number of aryl methyl sites for hydroxylation is 2. The van der Waals surface area contributed by atoms with E-state index in [1.165, 1.54) is 18.4 Å². The zero-order valence-corrected chi connectivity index (χ0v) is 20.5. The topological polar surface area (TPSA) is 78.5 Å². The first-order valence-electron chi connectivity index (χ1n) is 11.6. The summed E-state index contributed by atoms with van der Waals surface area (Å²) in [6.45, 7) is 7.34. The number of sulfonamides is 1. The highest BCUT2D eigenvalue weighted by Crippen LogP contribution is 2.22. The predicted octanol–water partition coefficient (Wildman–Crippen LogP) is 4.63. The van der Waals surface area contributed by atoms with Gasteiger partial charge in [-0.05, 0) is 80.7 Å². The Bertz CT molecular complexity index is 1260. The number of carbonyl (C=O) groups is 1. The van der Waals surface area contributed by atoms with Crippen LogP contribution in [0.4, 0.5) is 5.69 Å². The molecule has 0 aromatic heterocycles. The van der Waals surface area contributed by atoms with Crippen molar-refractivity contribution in [1.29, 1.82) is 0 Å². The Morgan fingerprint density at radius 1 is 0.912 bits per heavy atom. The van der Waals surface area contributed by atoms with Crippen LogP contribution in [0.25, 0.3) is 0 Å². The van der Waals surface area contributed by atoms with Gasteiger partial charge in [-0.1, -0.05) is 48.0 Å². The lowest BCUT2D eigenvalue weighted by molar-refractivity contribution is 0.0951. The third-order valence-corrected chi connectivity index (χ3v) is 7.51. The molecule has 1 aliphatic heterocycles. The van der Waals surface area contributed by atoms with E-state index in [0.29, 0.717) is 17.8 Å². The highest BCUT2D eigenvalue weighted by Gasteiger charge is 2.17. The quantitative estimate of drug-likeness (QED) is 0.496. The SMILES string of the molecule is Cc1ccc(S(=O)(=O)Nc2cc(C(=O)NCc3cccc(CN4CCCC4)c3)ccc2C)cc1. The maximum atomic E-state index is 12.8. The van der Waals surface area contributed by atoms with E-state index in [0.717, 1.165) is 36.3 Å². The lowest BCUT2D eigenvalue weighted by Gasteiger charge is -2.15. The van der Waals surface area contributed by atoms with Gasteiger partial charge in [0.05, 0.1) is 10.6 Å². The summed E-state index contributed by atoms with van der Waals surface area (Å²) in [6, 6.07) is 20.0. The molecule has 178 valence electrons. The van der Waals surface area contributed by atoms with Crippen molar-refractivity contribution in [2.45, 2.75) is 44.7 Å². The van der Waals surface area contributed by atoms with Crippen molar-refractivity contribution in [3.05, 3.63) is 94.5 Å². The van der Waals surface area contributed by atoms with Gasteiger partial charge in [0.1, 0.15) is 0 Å². The molecule has 34 heavy (non-hydrogen) atoms. The number of rotatable bonds is 8. The fraction of sp³-hybridized carbons (Fsp3) is 0.296. The summed E-state index contributed by atoms with van der Waals surface area (Å²) in [6.07, 6.45) is 2.52. The number of amides is 1. The van der Waals surface area contributed by atoms with Crippen molar-refractivity contribution in [1.82, 2.24) is 10.2 Å². The van der Waals surface area contributed by atoms with Gasteiger partial charge in [0.15, 0.2) is 0 Å². The van der Waals surface area contributed by atoms with Gasteiger partial charge in [-0.25, -0.2) is 8.42 Å². The first kappa shape index (κ1) is 24.0. The van der Waals surface area contributed by atoms with Crippen molar-refractivity contribution in [3.63, 3.8) is 0 Å². The number of nitrogens with zero attached hydrogens (tertiary/aromatic N) is 1.